The van der Waals surface area contributed by atoms with Crippen LogP contribution in [-0.2, 0) is 6.42 Å². The summed E-state index contributed by atoms with van der Waals surface area (Å²) in [7, 11) is 0. The molecule has 1 aromatic carbocycles. The second-order valence-corrected chi connectivity index (χ2v) is 6.43. The van der Waals surface area contributed by atoms with E-state index in [0.29, 0.717) is 17.0 Å². The second-order valence-electron chi connectivity index (χ2n) is 6.02. The third-order valence-corrected chi connectivity index (χ3v) is 3.88. The van der Waals surface area contributed by atoms with Crippen LogP contribution in [0.5, 0.6) is 0 Å². The van der Waals surface area contributed by atoms with E-state index in [9.17, 15) is 4.39 Å². The molecule has 0 aromatic heterocycles. The molecule has 1 aliphatic carbocycles. The van der Waals surface area contributed by atoms with Crippen LogP contribution >= 0.6 is 11.6 Å². The fourth-order valence-electron chi connectivity index (χ4n) is 2.17. The lowest BCUT2D eigenvalue weighted by atomic mass is 9.82. The maximum atomic E-state index is 13.7. The minimum Gasteiger partial charge on any atom is -0.314 e. The summed E-state index contributed by atoms with van der Waals surface area (Å²) in [6.07, 6.45) is 4.33. The fourth-order valence-corrected chi connectivity index (χ4v) is 2.40. The number of nitrogens with one attached hydrogen (secondary N) is 1. The Balaban J connectivity index is 1.92. The lowest BCUT2D eigenvalue weighted by molar-refractivity contribution is 0.320. The number of halogens is 2. The molecule has 1 nitrogen and oxygen atoms in total. The number of rotatable bonds is 6. The molecule has 3 heteroatoms. The van der Waals surface area contributed by atoms with E-state index >= 15 is 0 Å². The average Bonchev–Trinajstić information content (AvgIpc) is 3.07. The van der Waals surface area contributed by atoms with E-state index in [1.54, 1.807) is 12.1 Å². The number of hydrogen-bond donors (Lipinski definition) is 1. The van der Waals surface area contributed by atoms with E-state index in [1.165, 1.54) is 18.9 Å². The van der Waals surface area contributed by atoms with Crippen molar-refractivity contribution in [1.29, 1.82) is 0 Å². The maximum absolute atomic E-state index is 13.7. The Morgan fingerprint density at radius 1 is 1.39 bits per heavy atom. The lowest BCUT2D eigenvalue weighted by Crippen LogP contribution is -2.25. The molecule has 100 valence electrons. The van der Waals surface area contributed by atoms with Gasteiger partial charge in [0.2, 0.25) is 0 Å². The molecule has 1 saturated carbocycles. The topological polar surface area (TPSA) is 12.0 Å². The van der Waals surface area contributed by atoms with Gasteiger partial charge in [0.05, 0.1) is 0 Å². The average molecular weight is 270 g/mol. The highest BCUT2D eigenvalue weighted by atomic mass is 35.5. The van der Waals surface area contributed by atoms with Gasteiger partial charge in [-0.3, -0.25) is 0 Å². The van der Waals surface area contributed by atoms with Crippen LogP contribution in [-0.4, -0.2) is 12.6 Å². The van der Waals surface area contributed by atoms with Gasteiger partial charge < -0.3 is 5.32 Å². The monoisotopic (exact) mass is 269 g/mol. The van der Waals surface area contributed by atoms with Gasteiger partial charge in [0.15, 0.2) is 0 Å². The highest BCUT2D eigenvalue weighted by Crippen LogP contribution is 2.31. The van der Waals surface area contributed by atoms with Crippen molar-refractivity contribution in [3.63, 3.8) is 0 Å². The quantitative estimate of drug-likeness (QED) is 0.817. The van der Waals surface area contributed by atoms with Crippen molar-refractivity contribution >= 4 is 11.6 Å². The van der Waals surface area contributed by atoms with Gasteiger partial charge in [-0.1, -0.05) is 31.5 Å². The van der Waals surface area contributed by atoms with Gasteiger partial charge in [0, 0.05) is 16.6 Å². The Hall–Kier alpha value is -0.600. The SMILES string of the molecule is CC(C)(CCNC1CC1)Cc1c(F)cccc1Cl. The van der Waals surface area contributed by atoms with Crippen LogP contribution in [0, 0.1) is 11.2 Å². The zero-order valence-electron chi connectivity index (χ0n) is 11.1. The third-order valence-electron chi connectivity index (χ3n) is 3.53. The standard InChI is InChI=1S/C15H21ClFN/c1-15(2,8-9-18-11-6-7-11)10-12-13(16)4-3-5-14(12)17/h3-5,11,18H,6-10H2,1-2H3. The van der Waals surface area contributed by atoms with Gasteiger partial charge >= 0.3 is 0 Å². The van der Waals surface area contributed by atoms with Gasteiger partial charge in [-0.2, -0.15) is 0 Å². The molecular weight excluding hydrogens is 249 g/mol. The van der Waals surface area contributed by atoms with Gasteiger partial charge in [-0.05, 0) is 49.8 Å². The van der Waals surface area contributed by atoms with Crippen LogP contribution in [0.1, 0.15) is 38.7 Å². The molecule has 0 radical (unpaired) electrons. The molecule has 0 atom stereocenters. The molecule has 1 fully saturated rings. The Morgan fingerprint density at radius 2 is 2.11 bits per heavy atom. The molecule has 0 saturated heterocycles. The summed E-state index contributed by atoms with van der Waals surface area (Å²) in [6.45, 7) is 5.35. The summed E-state index contributed by atoms with van der Waals surface area (Å²) in [5.74, 6) is -0.189. The Labute approximate surface area is 114 Å². The molecule has 0 aliphatic heterocycles. The number of benzene rings is 1. The molecule has 2 rings (SSSR count). The molecule has 18 heavy (non-hydrogen) atoms. The van der Waals surface area contributed by atoms with Gasteiger partial charge in [-0.15, -0.1) is 0 Å². The van der Waals surface area contributed by atoms with Crippen LogP contribution in [0.25, 0.3) is 0 Å². The van der Waals surface area contributed by atoms with E-state index in [4.69, 9.17) is 11.6 Å². The molecule has 0 unspecified atom stereocenters. The Kier molecular flexibility index (Phi) is 4.29. The highest BCUT2D eigenvalue weighted by molar-refractivity contribution is 6.31. The first-order chi connectivity index (χ1) is 8.48. The van der Waals surface area contributed by atoms with Crippen molar-refractivity contribution < 1.29 is 4.39 Å². The minimum absolute atomic E-state index is 0.0632. The van der Waals surface area contributed by atoms with Crippen LogP contribution in [0.2, 0.25) is 5.02 Å². The first-order valence-corrected chi connectivity index (χ1v) is 7.02. The van der Waals surface area contributed by atoms with Crippen molar-refractivity contribution in [2.75, 3.05) is 6.54 Å². The lowest BCUT2D eigenvalue weighted by Gasteiger charge is -2.25. The zero-order chi connectivity index (χ0) is 13.2. The molecule has 0 spiro atoms. The minimum atomic E-state index is -0.189. The van der Waals surface area contributed by atoms with Gasteiger partial charge in [0.1, 0.15) is 5.82 Å². The normalized spacial score (nSPS) is 16.0. The van der Waals surface area contributed by atoms with Crippen LogP contribution in [0.4, 0.5) is 4.39 Å². The van der Waals surface area contributed by atoms with Crippen molar-refractivity contribution in [3.05, 3.63) is 34.6 Å². The van der Waals surface area contributed by atoms with E-state index in [-0.39, 0.29) is 11.2 Å². The largest absolute Gasteiger partial charge is 0.314 e. The Morgan fingerprint density at radius 3 is 2.72 bits per heavy atom. The fraction of sp³-hybridized carbons (Fsp3) is 0.600. The summed E-state index contributed by atoms with van der Waals surface area (Å²) in [5.41, 5.74) is 0.712. The maximum Gasteiger partial charge on any atom is 0.127 e. The first-order valence-electron chi connectivity index (χ1n) is 6.64. The van der Waals surface area contributed by atoms with Crippen molar-refractivity contribution in [3.8, 4) is 0 Å². The predicted molar refractivity (Wildman–Crippen MR) is 74.5 cm³/mol. The van der Waals surface area contributed by atoms with Crippen molar-refractivity contribution in [1.82, 2.24) is 5.32 Å². The van der Waals surface area contributed by atoms with Crippen LogP contribution in [0.3, 0.4) is 0 Å². The summed E-state index contributed by atoms with van der Waals surface area (Å²) in [5, 5.41) is 4.04. The summed E-state index contributed by atoms with van der Waals surface area (Å²) < 4.78 is 13.7. The molecule has 0 amide bonds. The van der Waals surface area contributed by atoms with E-state index < -0.39 is 0 Å². The summed E-state index contributed by atoms with van der Waals surface area (Å²) in [4.78, 5) is 0. The van der Waals surface area contributed by atoms with Crippen molar-refractivity contribution in [2.24, 2.45) is 5.41 Å². The molecule has 0 bridgehead atoms. The first kappa shape index (κ1) is 13.8. The van der Waals surface area contributed by atoms with Gasteiger partial charge in [-0.25, -0.2) is 4.39 Å². The van der Waals surface area contributed by atoms with Crippen LogP contribution in [0.15, 0.2) is 18.2 Å². The van der Waals surface area contributed by atoms with E-state index in [0.717, 1.165) is 19.0 Å². The van der Waals surface area contributed by atoms with Crippen LogP contribution < -0.4 is 5.32 Å². The molecule has 1 aromatic rings. The zero-order valence-corrected chi connectivity index (χ0v) is 11.9. The predicted octanol–water partition coefficient (Wildman–Crippen LogP) is 4.19. The molecular formula is C15H21ClFN. The third kappa shape index (κ3) is 3.96. The molecule has 1 N–H and O–H groups in total. The van der Waals surface area contributed by atoms with E-state index in [2.05, 4.69) is 19.2 Å². The summed E-state index contributed by atoms with van der Waals surface area (Å²) in [6, 6.07) is 5.64. The number of hydrogen-bond acceptors (Lipinski definition) is 1. The molecule has 0 heterocycles. The smallest absolute Gasteiger partial charge is 0.127 e. The van der Waals surface area contributed by atoms with E-state index in [1.807, 2.05) is 0 Å². The van der Waals surface area contributed by atoms with Crippen molar-refractivity contribution in [2.45, 2.75) is 45.6 Å². The Bertz CT molecular complexity index is 393. The summed E-state index contributed by atoms with van der Waals surface area (Å²) >= 11 is 6.07. The van der Waals surface area contributed by atoms with Gasteiger partial charge in [0.25, 0.3) is 0 Å². The second kappa shape index (κ2) is 5.58. The highest BCUT2D eigenvalue weighted by Gasteiger charge is 2.24. The molecule has 1 aliphatic rings.